The van der Waals surface area contributed by atoms with Gasteiger partial charge in [-0.2, -0.15) is 0 Å². The Bertz CT molecular complexity index is 305. The molecule has 0 N–H and O–H groups in total. The number of hydrogen-bond donors (Lipinski definition) is 0. The van der Waals surface area contributed by atoms with Gasteiger partial charge in [-0.05, 0) is 26.0 Å². The van der Waals surface area contributed by atoms with Crippen LogP contribution in [0.5, 0.6) is 0 Å². The van der Waals surface area contributed by atoms with Crippen LogP contribution in [0, 0.1) is 0 Å². The van der Waals surface area contributed by atoms with E-state index in [4.69, 9.17) is 0 Å². The quantitative estimate of drug-likeness (QED) is 0.312. The van der Waals surface area contributed by atoms with E-state index in [0.717, 1.165) is 24.1 Å². The Morgan fingerprint density at radius 2 is 1.61 bits per heavy atom. The van der Waals surface area contributed by atoms with Crippen molar-refractivity contribution in [2.75, 3.05) is 33.3 Å². The van der Waals surface area contributed by atoms with Gasteiger partial charge in [0.2, 0.25) is 10.4 Å². The van der Waals surface area contributed by atoms with Gasteiger partial charge in [0.05, 0.1) is 33.3 Å². The van der Waals surface area contributed by atoms with E-state index in [0.29, 0.717) is 0 Å². The van der Waals surface area contributed by atoms with Crippen LogP contribution in [0.3, 0.4) is 0 Å². The van der Waals surface area contributed by atoms with Gasteiger partial charge >= 0.3 is 0 Å². The lowest BCUT2D eigenvalue weighted by molar-refractivity contribution is -0.896. The molecule has 7 heteroatoms. The molecule has 0 amide bonds. The number of quaternary nitrogens is 1. The number of nitrogens with zero attached hydrogens (tertiary/aromatic N) is 1. The van der Waals surface area contributed by atoms with Crippen LogP contribution in [-0.4, -0.2) is 50.7 Å². The lowest BCUT2D eigenvalue weighted by atomic mass is 10.3. The standard InChI is InChI=1S/C9H18N.C2H6O4S.S/c1-5-8-10(4,7-3)9-6-2;1-2-6-7(3,4)5;/h5-6H,1-2,7-9H2,3-4H3;2H2,1H3,(H,3,4,5);/q+1;;/p-1. The van der Waals surface area contributed by atoms with Gasteiger partial charge in [0.15, 0.2) is 0 Å². The minimum absolute atomic E-state index is 0. The van der Waals surface area contributed by atoms with Crippen molar-refractivity contribution in [3.8, 4) is 0 Å². The molecular formula is C11H23NO4S2. The molecule has 0 unspecified atom stereocenters. The van der Waals surface area contributed by atoms with E-state index in [1.807, 2.05) is 12.2 Å². The first-order chi connectivity index (χ1) is 7.74. The Morgan fingerprint density at radius 3 is 1.72 bits per heavy atom. The fourth-order valence-electron chi connectivity index (χ4n) is 1.10. The molecule has 18 heavy (non-hydrogen) atoms. The summed E-state index contributed by atoms with van der Waals surface area (Å²) in [6.45, 7) is 14.2. The van der Waals surface area contributed by atoms with Crippen LogP contribution in [0.25, 0.3) is 0 Å². The van der Waals surface area contributed by atoms with Gasteiger partial charge in [0.25, 0.3) is 0 Å². The average molecular weight is 297 g/mol. The van der Waals surface area contributed by atoms with Gasteiger partial charge < -0.3 is 9.04 Å². The largest absolute Gasteiger partial charge is 0.726 e. The van der Waals surface area contributed by atoms with Crippen molar-refractivity contribution >= 4 is 23.9 Å². The van der Waals surface area contributed by atoms with E-state index in [1.165, 1.54) is 6.92 Å². The predicted molar refractivity (Wildman–Crippen MR) is 75.8 cm³/mol. The normalized spacial score (nSPS) is 10.7. The van der Waals surface area contributed by atoms with Crippen molar-refractivity contribution in [1.29, 1.82) is 0 Å². The van der Waals surface area contributed by atoms with Crippen molar-refractivity contribution in [1.82, 2.24) is 0 Å². The first-order valence-electron chi connectivity index (χ1n) is 5.40. The van der Waals surface area contributed by atoms with Crippen LogP contribution in [0.2, 0.25) is 0 Å². The monoisotopic (exact) mass is 297 g/mol. The first kappa shape index (κ1) is 22.8. The zero-order valence-electron chi connectivity index (χ0n) is 11.3. The minimum atomic E-state index is -4.42. The van der Waals surface area contributed by atoms with E-state index < -0.39 is 10.4 Å². The fourth-order valence-corrected chi connectivity index (χ4v) is 1.39. The summed E-state index contributed by atoms with van der Waals surface area (Å²) in [4.78, 5) is 0. The summed E-state index contributed by atoms with van der Waals surface area (Å²) in [5.74, 6) is 0. The van der Waals surface area contributed by atoms with Gasteiger partial charge in [-0.15, -0.1) is 0 Å². The van der Waals surface area contributed by atoms with Crippen LogP contribution in [0.1, 0.15) is 13.8 Å². The van der Waals surface area contributed by atoms with Crippen molar-refractivity contribution in [2.45, 2.75) is 13.8 Å². The van der Waals surface area contributed by atoms with E-state index in [2.05, 4.69) is 31.3 Å². The number of hydrogen-bond acceptors (Lipinski definition) is 4. The molecule has 108 valence electrons. The Labute approximate surface area is 118 Å². The maximum Gasteiger partial charge on any atom is 0.217 e. The van der Waals surface area contributed by atoms with Gasteiger partial charge in [-0.25, -0.2) is 8.42 Å². The first-order valence-corrected chi connectivity index (χ1v) is 6.73. The summed E-state index contributed by atoms with van der Waals surface area (Å²) < 4.78 is 33.0. The SMILES string of the molecule is C=CC[N+](C)(CC)CC=C.CCOS(=O)(=O)[O-].[S]. The van der Waals surface area contributed by atoms with E-state index in [1.54, 1.807) is 0 Å². The summed E-state index contributed by atoms with van der Waals surface area (Å²) in [5, 5.41) is 0. The molecule has 0 bridgehead atoms. The third-order valence-electron chi connectivity index (χ3n) is 2.17. The van der Waals surface area contributed by atoms with Crippen molar-refractivity contribution in [3.05, 3.63) is 25.3 Å². The van der Waals surface area contributed by atoms with Gasteiger partial charge in [0.1, 0.15) is 0 Å². The van der Waals surface area contributed by atoms with Crippen LogP contribution in [0.4, 0.5) is 0 Å². The lowest BCUT2D eigenvalue weighted by Crippen LogP contribution is -2.43. The molecule has 0 spiro atoms. The maximum atomic E-state index is 9.45. The van der Waals surface area contributed by atoms with E-state index in [9.17, 15) is 13.0 Å². The molecule has 0 saturated heterocycles. The second-order valence-corrected chi connectivity index (χ2v) is 4.75. The highest BCUT2D eigenvalue weighted by Gasteiger charge is 2.13. The molecule has 0 fully saturated rings. The molecule has 0 saturated carbocycles. The molecule has 0 aromatic carbocycles. The molecular weight excluding hydrogens is 274 g/mol. The second-order valence-electron chi connectivity index (χ2n) is 3.69. The molecule has 2 radical (unpaired) electrons. The third kappa shape index (κ3) is 15.7. The third-order valence-corrected chi connectivity index (χ3v) is 2.69. The molecule has 0 aromatic heterocycles. The molecule has 0 aliphatic heterocycles. The predicted octanol–water partition coefficient (Wildman–Crippen LogP) is 1.96. The molecule has 0 rings (SSSR count). The number of likely N-dealkylation sites (N-methyl/N-ethyl adjacent to an activating group) is 1. The van der Waals surface area contributed by atoms with Crippen molar-refractivity contribution in [2.24, 2.45) is 0 Å². The summed E-state index contributed by atoms with van der Waals surface area (Å²) >= 11 is 0. The van der Waals surface area contributed by atoms with Crippen LogP contribution in [0.15, 0.2) is 25.3 Å². The molecule has 0 atom stereocenters. The summed E-state index contributed by atoms with van der Waals surface area (Å²) in [6.07, 6.45) is 3.93. The maximum absolute atomic E-state index is 9.45. The zero-order valence-corrected chi connectivity index (χ0v) is 12.9. The van der Waals surface area contributed by atoms with Crippen LogP contribution >= 0.6 is 13.5 Å². The Balaban J connectivity index is -0.000000251. The molecule has 0 heterocycles. The van der Waals surface area contributed by atoms with Crippen molar-refractivity contribution < 1.29 is 21.6 Å². The highest BCUT2D eigenvalue weighted by Crippen LogP contribution is 2.00. The average Bonchev–Trinajstić information content (AvgIpc) is 2.17. The van der Waals surface area contributed by atoms with Gasteiger partial charge in [0, 0.05) is 13.5 Å². The molecule has 0 aliphatic carbocycles. The Hall–Kier alpha value is -0.340. The van der Waals surface area contributed by atoms with Crippen molar-refractivity contribution in [3.63, 3.8) is 0 Å². The van der Waals surface area contributed by atoms with E-state index >= 15 is 0 Å². The zero-order chi connectivity index (χ0) is 13.9. The number of rotatable bonds is 7. The molecule has 0 aliphatic rings. The Kier molecular flexibility index (Phi) is 14.9. The minimum Gasteiger partial charge on any atom is -0.726 e. The smallest absolute Gasteiger partial charge is 0.217 e. The highest BCUT2D eigenvalue weighted by atomic mass is 32.3. The van der Waals surface area contributed by atoms with Gasteiger partial charge in [-0.3, -0.25) is 4.18 Å². The summed E-state index contributed by atoms with van der Waals surface area (Å²) in [7, 11) is -2.21. The molecule has 5 nitrogen and oxygen atoms in total. The van der Waals surface area contributed by atoms with Crippen LogP contribution < -0.4 is 0 Å². The lowest BCUT2D eigenvalue weighted by Gasteiger charge is -2.30. The fraction of sp³-hybridized carbons (Fsp3) is 0.636. The van der Waals surface area contributed by atoms with Crippen LogP contribution in [-0.2, 0) is 14.6 Å². The highest BCUT2D eigenvalue weighted by molar-refractivity contribution is 7.80. The second kappa shape index (κ2) is 11.7. The van der Waals surface area contributed by atoms with E-state index in [-0.39, 0.29) is 20.1 Å². The topological polar surface area (TPSA) is 66.4 Å². The molecule has 0 aromatic rings. The summed E-state index contributed by atoms with van der Waals surface area (Å²) in [6, 6.07) is 0. The summed E-state index contributed by atoms with van der Waals surface area (Å²) in [5.41, 5.74) is 0. The van der Waals surface area contributed by atoms with Gasteiger partial charge in [-0.1, -0.05) is 13.2 Å². The Morgan fingerprint density at radius 1 is 1.22 bits per heavy atom.